The summed E-state index contributed by atoms with van der Waals surface area (Å²) in [5.41, 5.74) is 4.32. The van der Waals surface area contributed by atoms with Gasteiger partial charge in [-0.3, -0.25) is 4.79 Å². The first-order valence-electron chi connectivity index (χ1n) is 12.0. The quantitative estimate of drug-likeness (QED) is 0.788. The Hall–Kier alpha value is -1.81. The third-order valence-corrected chi connectivity index (χ3v) is 8.16. The van der Waals surface area contributed by atoms with E-state index in [1.54, 1.807) is 0 Å². The minimum absolute atomic E-state index is 0.0968. The first-order chi connectivity index (χ1) is 14.4. The number of nitrogens with zero attached hydrogens (tertiary/aromatic N) is 2. The van der Waals surface area contributed by atoms with Gasteiger partial charge in [0.15, 0.2) is 0 Å². The van der Waals surface area contributed by atoms with Crippen molar-refractivity contribution in [1.29, 1.82) is 0 Å². The molecule has 1 amide bonds. The first-order valence-corrected chi connectivity index (χ1v) is 12.0. The molecule has 1 aromatic heterocycles. The molecule has 0 spiro atoms. The minimum atomic E-state index is 0.0968. The van der Waals surface area contributed by atoms with Gasteiger partial charge in [0.25, 0.3) is 0 Å². The van der Waals surface area contributed by atoms with Gasteiger partial charge >= 0.3 is 0 Å². The molecule has 0 radical (unpaired) electrons. The number of hydrogen-bond donors (Lipinski definition) is 1. The minimum Gasteiger partial charge on any atom is -0.353 e. The van der Waals surface area contributed by atoms with E-state index in [9.17, 15) is 4.79 Å². The Bertz CT molecular complexity index is 937. The molecule has 4 nitrogen and oxygen atoms in total. The van der Waals surface area contributed by atoms with Gasteiger partial charge in [-0.25, -0.2) is 0 Å². The van der Waals surface area contributed by atoms with Crippen LogP contribution in [0.3, 0.4) is 0 Å². The zero-order valence-electron chi connectivity index (χ0n) is 19.0. The second-order valence-electron chi connectivity index (χ2n) is 10.6. The zero-order valence-corrected chi connectivity index (χ0v) is 19.0. The summed E-state index contributed by atoms with van der Waals surface area (Å²) in [4.78, 5) is 15.7. The normalized spacial score (nSPS) is 31.7. The predicted molar refractivity (Wildman–Crippen MR) is 123 cm³/mol. The largest absolute Gasteiger partial charge is 0.353 e. The molecule has 2 fully saturated rings. The van der Waals surface area contributed by atoms with Crippen molar-refractivity contribution in [1.82, 2.24) is 14.8 Å². The topological polar surface area (TPSA) is 37.3 Å². The van der Waals surface area contributed by atoms with E-state index in [1.165, 1.54) is 34.9 Å². The molecule has 162 valence electrons. The van der Waals surface area contributed by atoms with E-state index in [1.807, 2.05) is 0 Å². The van der Waals surface area contributed by atoms with E-state index >= 15 is 0 Å². The van der Waals surface area contributed by atoms with Gasteiger partial charge in [0.05, 0.1) is 5.92 Å². The van der Waals surface area contributed by atoms with Gasteiger partial charge in [0.2, 0.25) is 5.91 Å². The summed E-state index contributed by atoms with van der Waals surface area (Å²) in [5.74, 6) is 1.65. The lowest BCUT2D eigenvalue weighted by Gasteiger charge is -2.45. The van der Waals surface area contributed by atoms with Crippen LogP contribution < -0.4 is 5.32 Å². The maximum atomic E-state index is 13.2. The number of likely N-dealkylation sites (tertiary alicyclic amines) is 1. The Kier molecular flexibility index (Phi) is 5.17. The molecule has 1 N–H and O–H groups in total. The van der Waals surface area contributed by atoms with Crippen LogP contribution in [0.4, 0.5) is 0 Å². The first kappa shape index (κ1) is 20.1. The van der Waals surface area contributed by atoms with E-state index in [-0.39, 0.29) is 11.8 Å². The van der Waals surface area contributed by atoms with E-state index in [0.29, 0.717) is 24.0 Å². The van der Waals surface area contributed by atoms with Crippen LogP contribution >= 0.6 is 0 Å². The average molecular weight is 408 g/mol. The van der Waals surface area contributed by atoms with Gasteiger partial charge < -0.3 is 14.8 Å². The number of hydrogen-bond acceptors (Lipinski definition) is 2. The zero-order chi connectivity index (χ0) is 21.0. The fourth-order valence-corrected chi connectivity index (χ4v) is 6.41. The molecule has 1 saturated carbocycles. The van der Waals surface area contributed by atoms with Crippen molar-refractivity contribution in [3.63, 3.8) is 0 Å². The van der Waals surface area contributed by atoms with Crippen LogP contribution in [0.25, 0.3) is 10.9 Å². The Morgan fingerprint density at radius 1 is 1.17 bits per heavy atom. The average Bonchev–Trinajstić information content (AvgIpc) is 3.10. The van der Waals surface area contributed by atoms with Crippen molar-refractivity contribution in [2.45, 2.75) is 83.3 Å². The highest BCUT2D eigenvalue weighted by molar-refractivity contribution is 5.89. The van der Waals surface area contributed by atoms with E-state index in [4.69, 9.17) is 0 Å². The molecule has 3 aliphatic rings. The number of nitrogens with one attached hydrogen (secondary N) is 1. The van der Waals surface area contributed by atoms with E-state index in [2.05, 4.69) is 67.0 Å². The molecule has 1 saturated heterocycles. The molecule has 3 atom stereocenters. The van der Waals surface area contributed by atoms with Gasteiger partial charge in [0, 0.05) is 47.7 Å². The number of piperidine rings is 1. The highest BCUT2D eigenvalue weighted by atomic mass is 16.2. The smallest absolute Gasteiger partial charge is 0.224 e. The lowest BCUT2D eigenvalue weighted by Crippen LogP contribution is -2.52. The summed E-state index contributed by atoms with van der Waals surface area (Å²) < 4.78 is 2.43. The Morgan fingerprint density at radius 3 is 2.67 bits per heavy atom. The van der Waals surface area contributed by atoms with Gasteiger partial charge in [-0.2, -0.15) is 0 Å². The molecule has 5 rings (SSSR count). The van der Waals surface area contributed by atoms with E-state index in [0.717, 1.165) is 38.1 Å². The summed E-state index contributed by atoms with van der Waals surface area (Å²) in [5, 5.41) is 4.88. The van der Waals surface area contributed by atoms with Gasteiger partial charge in [-0.05, 0) is 82.5 Å². The number of benzene rings is 1. The number of carbonyl (C=O) groups excluding carboxylic acids is 1. The maximum Gasteiger partial charge on any atom is 0.224 e. The van der Waals surface area contributed by atoms with Crippen molar-refractivity contribution in [2.24, 2.45) is 11.8 Å². The summed E-state index contributed by atoms with van der Waals surface area (Å²) in [7, 11) is 2.23. The molecule has 4 heteroatoms. The highest BCUT2D eigenvalue weighted by Crippen LogP contribution is 2.45. The molecule has 1 unspecified atom stereocenters. The summed E-state index contributed by atoms with van der Waals surface area (Å²) >= 11 is 0. The number of amides is 1. The Labute approximate surface area is 181 Å². The van der Waals surface area contributed by atoms with Crippen LogP contribution in [-0.2, 0) is 11.2 Å². The summed E-state index contributed by atoms with van der Waals surface area (Å²) in [6.45, 7) is 7.74. The third-order valence-electron chi connectivity index (χ3n) is 8.16. The van der Waals surface area contributed by atoms with Crippen molar-refractivity contribution in [2.75, 3.05) is 13.6 Å². The Morgan fingerprint density at radius 2 is 1.93 bits per heavy atom. The standard InChI is InChI=1S/C26H37N3O/c1-16(2)29-15-18-13-24-22(21-6-5-7-23(29)25(18)21)12-19(14-28(24)4)26(30)27-20-10-8-17(3)9-11-20/h5-7,15-17,19-20,22,24H,8-14H2,1-4H3,(H,27,30)/t17?,19-,20?,22?,24-/m1/s1. The number of likely N-dealkylation sites (N-methyl/N-ethyl adjacent to an activating group) is 1. The van der Waals surface area contributed by atoms with Crippen molar-refractivity contribution in [3.05, 3.63) is 35.5 Å². The molecule has 1 aliphatic heterocycles. The fraction of sp³-hybridized carbons (Fsp3) is 0.654. The van der Waals surface area contributed by atoms with Crippen molar-refractivity contribution in [3.8, 4) is 0 Å². The molecule has 2 heterocycles. The predicted octanol–water partition coefficient (Wildman–Crippen LogP) is 4.88. The van der Waals surface area contributed by atoms with Crippen LogP contribution in [0.5, 0.6) is 0 Å². The molecular formula is C26H37N3O. The summed E-state index contributed by atoms with van der Waals surface area (Å²) in [6, 6.07) is 8.17. The highest BCUT2D eigenvalue weighted by Gasteiger charge is 2.42. The van der Waals surface area contributed by atoms with Gasteiger partial charge in [-0.15, -0.1) is 0 Å². The number of fused-ring (bicyclic) bond motifs is 2. The SMILES string of the molecule is CC1CCC(NC(=O)[C@@H]2CC3c4cccc5c4c(cn5C(C)C)C[C@H]3N(C)C2)CC1. The molecular weight excluding hydrogens is 370 g/mol. The van der Waals surface area contributed by atoms with Gasteiger partial charge in [-0.1, -0.05) is 19.1 Å². The van der Waals surface area contributed by atoms with Crippen LogP contribution in [-0.4, -0.2) is 41.1 Å². The van der Waals surface area contributed by atoms with Crippen LogP contribution in [0.1, 0.15) is 76.0 Å². The number of carbonyl (C=O) groups is 1. The summed E-state index contributed by atoms with van der Waals surface area (Å²) in [6.07, 6.45) is 9.25. The lowest BCUT2D eigenvalue weighted by molar-refractivity contribution is -0.128. The third kappa shape index (κ3) is 3.37. The molecule has 2 aromatic rings. The molecule has 2 aliphatic carbocycles. The lowest BCUT2D eigenvalue weighted by atomic mass is 9.72. The number of rotatable bonds is 3. The molecule has 0 bridgehead atoms. The van der Waals surface area contributed by atoms with Gasteiger partial charge in [0.1, 0.15) is 0 Å². The van der Waals surface area contributed by atoms with Crippen molar-refractivity contribution < 1.29 is 4.79 Å². The monoisotopic (exact) mass is 407 g/mol. The van der Waals surface area contributed by atoms with E-state index < -0.39 is 0 Å². The second-order valence-corrected chi connectivity index (χ2v) is 10.6. The second kappa shape index (κ2) is 7.71. The maximum absolute atomic E-state index is 13.2. The molecule has 1 aromatic carbocycles. The van der Waals surface area contributed by atoms with Crippen LogP contribution in [0, 0.1) is 11.8 Å². The number of aromatic nitrogens is 1. The molecule has 30 heavy (non-hydrogen) atoms. The van der Waals surface area contributed by atoms with Crippen molar-refractivity contribution >= 4 is 16.8 Å². The van der Waals surface area contributed by atoms with Crippen LogP contribution in [0.15, 0.2) is 24.4 Å². The fourth-order valence-electron chi connectivity index (χ4n) is 6.41. The Balaban J connectivity index is 1.40. The van der Waals surface area contributed by atoms with Crippen LogP contribution in [0.2, 0.25) is 0 Å².